The normalized spacial score (nSPS) is 25.2. The zero-order valence-electron chi connectivity index (χ0n) is 14.5. The van der Waals surface area contributed by atoms with E-state index in [1.54, 1.807) is 0 Å². The van der Waals surface area contributed by atoms with E-state index < -0.39 is 11.5 Å². The monoisotopic (exact) mass is 320 g/mol. The number of anilines is 1. The van der Waals surface area contributed by atoms with Gasteiger partial charge < -0.3 is 16.2 Å². The van der Waals surface area contributed by atoms with Crippen LogP contribution in [0.15, 0.2) is 6.20 Å². The van der Waals surface area contributed by atoms with Crippen molar-refractivity contribution in [3.63, 3.8) is 0 Å². The second-order valence-electron chi connectivity index (χ2n) is 8.09. The van der Waals surface area contributed by atoms with E-state index in [0.29, 0.717) is 30.0 Å². The van der Waals surface area contributed by atoms with E-state index in [2.05, 4.69) is 36.1 Å². The summed E-state index contributed by atoms with van der Waals surface area (Å²) in [7, 11) is 0. The smallest absolute Gasteiger partial charge is 0.252 e. The van der Waals surface area contributed by atoms with E-state index in [1.807, 2.05) is 6.92 Å². The van der Waals surface area contributed by atoms with Crippen LogP contribution < -0.4 is 11.1 Å². The molecule has 1 aromatic rings. The van der Waals surface area contributed by atoms with E-state index in [0.717, 1.165) is 19.3 Å². The summed E-state index contributed by atoms with van der Waals surface area (Å²) >= 11 is 0. The van der Waals surface area contributed by atoms with Crippen LogP contribution in [0.2, 0.25) is 0 Å². The number of aromatic nitrogens is 2. The van der Waals surface area contributed by atoms with E-state index >= 15 is 0 Å². The number of amides is 1. The van der Waals surface area contributed by atoms with Gasteiger partial charge in [-0.3, -0.25) is 4.79 Å². The summed E-state index contributed by atoms with van der Waals surface area (Å²) in [6.45, 7) is 8.13. The molecule has 1 aromatic heterocycles. The van der Waals surface area contributed by atoms with Gasteiger partial charge in [0, 0.05) is 12.2 Å². The minimum absolute atomic E-state index is 0.00959. The summed E-state index contributed by atoms with van der Waals surface area (Å²) in [5.74, 6) is -0.00616. The van der Waals surface area contributed by atoms with Gasteiger partial charge in [0.1, 0.15) is 0 Å². The van der Waals surface area contributed by atoms with E-state index in [9.17, 15) is 9.90 Å². The van der Waals surface area contributed by atoms with Gasteiger partial charge in [-0.1, -0.05) is 20.8 Å². The molecule has 1 saturated carbocycles. The van der Waals surface area contributed by atoms with Crippen LogP contribution in [0.1, 0.15) is 69.4 Å². The molecule has 0 spiro atoms. The summed E-state index contributed by atoms with van der Waals surface area (Å²) in [5, 5.41) is 13.5. The largest absolute Gasteiger partial charge is 0.390 e. The molecule has 6 heteroatoms. The van der Waals surface area contributed by atoms with Crippen LogP contribution in [0.5, 0.6) is 0 Å². The molecule has 4 N–H and O–H groups in total. The van der Waals surface area contributed by atoms with Gasteiger partial charge in [0.2, 0.25) is 5.95 Å². The summed E-state index contributed by atoms with van der Waals surface area (Å²) in [6.07, 6.45) is 5.58. The molecule has 2 rings (SSSR count). The molecule has 1 heterocycles. The van der Waals surface area contributed by atoms with Crippen molar-refractivity contribution in [3.8, 4) is 0 Å². The first kappa shape index (κ1) is 17.7. The Kier molecular flexibility index (Phi) is 4.94. The molecule has 0 aromatic carbocycles. The average molecular weight is 320 g/mol. The lowest BCUT2D eigenvalue weighted by Crippen LogP contribution is -2.38. The lowest BCUT2D eigenvalue weighted by molar-refractivity contribution is 0.0182. The van der Waals surface area contributed by atoms with Gasteiger partial charge in [0.05, 0.1) is 16.9 Å². The third kappa shape index (κ3) is 5.16. The zero-order chi connectivity index (χ0) is 17.3. The highest BCUT2D eigenvalue weighted by Gasteiger charge is 2.30. The van der Waals surface area contributed by atoms with Gasteiger partial charge in [-0.2, -0.15) is 0 Å². The first-order valence-electron chi connectivity index (χ1n) is 8.20. The zero-order valence-corrected chi connectivity index (χ0v) is 14.5. The van der Waals surface area contributed by atoms with Gasteiger partial charge in [0.25, 0.3) is 5.91 Å². The van der Waals surface area contributed by atoms with Crippen molar-refractivity contribution in [3.05, 3.63) is 17.5 Å². The first-order chi connectivity index (χ1) is 10.6. The predicted molar refractivity (Wildman–Crippen MR) is 90.2 cm³/mol. The summed E-state index contributed by atoms with van der Waals surface area (Å²) in [4.78, 5) is 20.3. The molecule has 1 unspecified atom stereocenters. The Labute approximate surface area is 137 Å². The number of hydrogen-bond acceptors (Lipinski definition) is 5. The fourth-order valence-electron chi connectivity index (χ4n) is 3.10. The van der Waals surface area contributed by atoms with Crippen LogP contribution in [0, 0.1) is 5.41 Å². The van der Waals surface area contributed by atoms with Crippen LogP contribution in [0.3, 0.4) is 0 Å². The maximum Gasteiger partial charge on any atom is 0.252 e. The Morgan fingerprint density at radius 3 is 2.78 bits per heavy atom. The van der Waals surface area contributed by atoms with E-state index in [-0.39, 0.29) is 11.5 Å². The summed E-state index contributed by atoms with van der Waals surface area (Å²) < 4.78 is 0. The maximum absolute atomic E-state index is 11.6. The highest BCUT2D eigenvalue weighted by atomic mass is 16.3. The molecular formula is C17H28N4O2. The standard InChI is InChI=1S/C17H28N4O2/c1-16(2,3)9-13-12(14(18)22)10-19-15(21-13)20-11-6-5-7-17(4,23)8-11/h10-11,23H,5-9H2,1-4H3,(H2,18,22)(H,19,20,21)/t11-,17?/m1/s1. The number of nitrogens with zero attached hydrogens (tertiary/aromatic N) is 2. The molecule has 0 aliphatic heterocycles. The topological polar surface area (TPSA) is 101 Å². The Morgan fingerprint density at radius 1 is 1.52 bits per heavy atom. The van der Waals surface area contributed by atoms with Crippen LogP contribution >= 0.6 is 0 Å². The summed E-state index contributed by atoms with van der Waals surface area (Å²) in [5.41, 5.74) is 5.83. The number of rotatable bonds is 4. The predicted octanol–water partition coefficient (Wildman–Crippen LogP) is 2.27. The first-order valence-corrected chi connectivity index (χ1v) is 8.20. The lowest BCUT2D eigenvalue weighted by atomic mass is 9.83. The van der Waals surface area contributed by atoms with Crippen molar-refractivity contribution >= 4 is 11.9 Å². The number of carbonyl (C=O) groups excluding carboxylic acids is 1. The average Bonchev–Trinajstić information content (AvgIpc) is 2.35. The van der Waals surface area contributed by atoms with Crippen LogP contribution in [0.25, 0.3) is 0 Å². The van der Waals surface area contributed by atoms with Crippen molar-refractivity contribution in [2.24, 2.45) is 11.1 Å². The van der Waals surface area contributed by atoms with Gasteiger partial charge in [-0.15, -0.1) is 0 Å². The molecule has 1 aliphatic carbocycles. The molecule has 1 fully saturated rings. The molecule has 128 valence electrons. The van der Waals surface area contributed by atoms with Gasteiger partial charge in [-0.25, -0.2) is 9.97 Å². The Bertz CT molecular complexity index is 578. The van der Waals surface area contributed by atoms with Crippen molar-refractivity contribution in [2.45, 2.75) is 71.4 Å². The van der Waals surface area contributed by atoms with Crippen LogP contribution in [0.4, 0.5) is 5.95 Å². The number of aliphatic hydroxyl groups is 1. The second-order valence-corrected chi connectivity index (χ2v) is 8.09. The van der Waals surface area contributed by atoms with Gasteiger partial charge in [0.15, 0.2) is 0 Å². The molecule has 0 radical (unpaired) electrons. The van der Waals surface area contributed by atoms with Crippen molar-refractivity contribution < 1.29 is 9.90 Å². The third-order valence-electron chi connectivity index (χ3n) is 4.12. The number of hydrogen-bond donors (Lipinski definition) is 3. The Hall–Kier alpha value is -1.69. The van der Waals surface area contributed by atoms with Crippen molar-refractivity contribution in [1.29, 1.82) is 0 Å². The maximum atomic E-state index is 11.6. The molecule has 0 saturated heterocycles. The van der Waals surface area contributed by atoms with Crippen LogP contribution in [-0.4, -0.2) is 32.6 Å². The number of nitrogens with two attached hydrogens (primary N) is 1. The third-order valence-corrected chi connectivity index (χ3v) is 4.12. The fraction of sp³-hybridized carbons (Fsp3) is 0.706. The van der Waals surface area contributed by atoms with Gasteiger partial charge >= 0.3 is 0 Å². The molecule has 1 aliphatic rings. The number of primary amides is 1. The quantitative estimate of drug-likeness (QED) is 0.790. The molecule has 23 heavy (non-hydrogen) atoms. The highest BCUT2D eigenvalue weighted by Crippen LogP contribution is 2.29. The Morgan fingerprint density at radius 2 is 2.22 bits per heavy atom. The molecule has 0 bridgehead atoms. The molecule has 2 atom stereocenters. The molecule has 1 amide bonds. The van der Waals surface area contributed by atoms with Crippen molar-refractivity contribution in [2.75, 3.05) is 5.32 Å². The number of nitrogens with one attached hydrogen (secondary N) is 1. The molecular weight excluding hydrogens is 292 g/mol. The van der Waals surface area contributed by atoms with Crippen molar-refractivity contribution in [1.82, 2.24) is 9.97 Å². The van der Waals surface area contributed by atoms with Crippen LogP contribution in [-0.2, 0) is 6.42 Å². The Balaban J connectivity index is 2.19. The summed E-state index contributed by atoms with van der Waals surface area (Å²) in [6, 6.07) is 0.140. The number of carbonyl (C=O) groups is 1. The highest BCUT2D eigenvalue weighted by molar-refractivity contribution is 5.93. The van der Waals surface area contributed by atoms with Gasteiger partial charge in [-0.05, 0) is 44.4 Å². The fourth-order valence-corrected chi connectivity index (χ4v) is 3.10. The second kappa shape index (κ2) is 6.43. The van der Waals surface area contributed by atoms with E-state index in [1.165, 1.54) is 6.20 Å². The minimum Gasteiger partial charge on any atom is -0.390 e. The minimum atomic E-state index is -0.642. The van der Waals surface area contributed by atoms with E-state index in [4.69, 9.17) is 5.73 Å². The SMILES string of the molecule is CC(C)(C)Cc1nc(N[C@@H]2CCCC(C)(O)C2)ncc1C(N)=O. The molecule has 6 nitrogen and oxygen atoms in total. The lowest BCUT2D eigenvalue weighted by Gasteiger charge is -2.34.